The van der Waals surface area contributed by atoms with E-state index in [1.54, 1.807) is 11.8 Å². The van der Waals surface area contributed by atoms with Crippen molar-refractivity contribution in [1.29, 1.82) is 0 Å². The first-order chi connectivity index (χ1) is 7.63. The molecule has 0 aromatic heterocycles. The van der Waals surface area contributed by atoms with E-state index in [2.05, 4.69) is 41.2 Å². The number of rotatable bonds is 6. The standard InChI is InChI=1S/C12H18BrNOS/c1-9(2)14-10(7-15)8-16-12-6-4-3-5-11(12)13/h3-6,9-10,14-15H,7-8H2,1-2H3. The van der Waals surface area contributed by atoms with Crippen molar-refractivity contribution in [2.45, 2.75) is 30.8 Å². The lowest BCUT2D eigenvalue weighted by atomic mass is 10.3. The van der Waals surface area contributed by atoms with Crippen molar-refractivity contribution < 1.29 is 5.11 Å². The molecule has 1 aromatic rings. The molecule has 90 valence electrons. The van der Waals surface area contributed by atoms with Crippen LogP contribution in [0.5, 0.6) is 0 Å². The quantitative estimate of drug-likeness (QED) is 0.793. The highest BCUT2D eigenvalue weighted by Crippen LogP contribution is 2.27. The van der Waals surface area contributed by atoms with E-state index < -0.39 is 0 Å². The lowest BCUT2D eigenvalue weighted by Crippen LogP contribution is -2.39. The fourth-order valence-electron chi connectivity index (χ4n) is 1.38. The number of halogens is 1. The van der Waals surface area contributed by atoms with Gasteiger partial charge in [-0.15, -0.1) is 11.8 Å². The smallest absolute Gasteiger partial charge is 0.0592 e. The van der Waals surface area contributed by atoms with Crippen LogP contribution >= 0.6 is 27.7 Å². The van der Waals surface area contributed by atoms with E-state index in [0.717, 1.165) is 10.2 Å². The van der Waals surface area contributed by atoms with Crippen LogP contribution in [0.15, 0.2) is 33.6 Å². The molecule has 16 heavy (non-hydrogen) atoms. The minimum Gasteiger partial charge on any atom is -0.395 e. The molecule has 0 amide bonds. The summed E-state index contributed by atoms with van der Waals surface area (Å²) in [6.45, 7) is 4.35. The zero-order valence-electron chi connectivity index (χ0n) is 9.61. The van der Waals surface area contributed by atoms with Gasteiger partial charge in [-0.1, -0.05) is 26.0 Å². The normalized spacial score (nSPS) is 13.1. The molecule has 0 saturated carbocycles. The summed E-state index contributed by atoms with van der Waals surface area (Å²) in [7, 11) is 0. The zero-order valence-corrected chi connectivity index (χ0v) is 12.0. The van der Waals surface area contributed by atoms with Crippen molar-refractivity contribution >= 4 is 27.7 Å². The van der Waals surface area contributed by atoms with Crippen molar-refractivity contribution in [3.05, 3.63) is 28.7 Å². The summed E-state index contributed by atoms with van der Waals surface area (Å²) in [5.74, 6) is 0.872. The Kier molecular flexibility index (Phi) is 6.43. The third kappa shape index (κ3) is 4.87. The summed E-state index contributed by atoms with van der Waals surface area (Å²) in [5, 5.41) is 12.6. The van der Waals surface area contributed by atoms with E-state index in [-0.39, 0.29) is 12.6 Å². The van der Waals surface area contributed by atoms with Crippen molar-refractivity contribution in [1.82, 2.24) is 5.32 Å². The molecule has 0 aliphatic rings. The van der Waals surface area contributed by atoms with Gasteiger partial charge in [0.25, 0.3) is 0 Å². The first-order valence-electron chi connectivity index (χ1n) is 5.37. The van der Waals surface area contributed by atoms with Gasteiger partial charge in [0.2, 0.25) is 0 Å². The molecule has 1 aromatic carbocycles. The van der Waals surface area contributed by atoms with Crippen LogP contribution < -0.4 is 5.32 Å². The molecule has 4 heteroatoms. The fraction of sp³-hybridized carbons (Fsp3) is 0.500. The van der Waals surface area contributed by atoms with E-state index in [9.17, 15) is 5.11 Å². The third-order valence-corrected chi connectivity index (χ3v) is 4.26. The molecule has 0 bridgehead atoms. The largest absolute Gasteiger partial charge is 0.395 e. The molecular weight excluding hydrogens is 286 g/mol. The summed E-state index contributed by atoms with van der Waals surface area (Å²) < 4.78 is 1.11. The maximum absolute atomic E-state index is 9.23. The molecule has 0 fully saturated rings. The Balaban J connectivity index is 2.46. The van der Waals surface area contributed by atoms with Crippen molar-refractivity contribution in [3.8, 4) is 0 Å². The number of nitrogens with one attached hydrogen (secondary N) is 1. The molecule has 0 aliphatic heterocycles. The molecule has 1 unspecified atom stereocenters. The van der Waals surface area contributed by atoms with Crippen LogP contribution in [0.1, 0.15) is 13.8 Å². The van der Waals surface area contributed by atoms with Crippen LogP contribution in [0.3, 0.4) is 0 Å². The molecular formula is C12H18BrNOS. The Morgan fingerprint density at radius 1 is 1.38 bits per heavy atom. The van der Waals surface area contributed by atoms with Gasteiger partial charge in [-0.05, 0) is 28.1 Å². The lowest BCUT2D eigenvalue weighted by molar-refractivity contribution is 0.247. The molecule has 1 rings (SSSR count). The number of hydrogen-bond acceptors (Lipinski definition) is 3. The molecule has 0 radical (unpaired) electrons. The van der Waals surface area contributed by atoms with Gasteiger partial charge in [0, 0.05) is 27.2 Å². The maximum Gasteiger partial charge on any atom is 0.0592 e. The van der Waals surface area contributed by atoms with Gasteiger partial charge in [-0.3, -0.25) is 0 Å². The third-order valence-electron chi connectivity index (χ3n) is 2.07. The average Bonchev–Trinajstić information content (AvgIpc) is 2.25. The Morgan fingerprint density at radius 2 is 2.06 bits per heavy atom. The number of aliphatic hydroxyl groups excluding tert-OH is 1. The summed E-state index contributed by atoms with van der Waals surface area (Å²) in [4.78, 5) is 1.21. The van der Waals surface area contributed by atoms with Gasteiger partial charge in [0.15, 0.2) is 0 Å². The topological polar surface area (TPSA) is 32.3 Å². The Morgan fingerprint density at radius 3 is 2.62 bits per heavy atom. The van der Waals surface area contributed by atoms with Gasteiger partial charge < -0.3 is 10.4 Å². The molecule has 1 atom stereocenters. The molecule has 0 heterocycles. The Hall–Kier alpha value is -0.0300. The summed E-state index contributed by atoms with van der Waals surface area (Å²) >= 11 is 5.27. The predicted octanol–water partition coefficient (Wildman–Crippen LogP) is 2.90. The Labute approximate surface area is 110 Å². The minimum absolute atomic E-state index is 0.150. The van der Waals surface area contributed by atoms with Crippen LogP contribution in [0, 0.1) is 0 Å². The second-order valence-electron chi connectivity index (χ2n) is 3.94. The van der Waals surface area contributed by atoms with Crippen LogP contribution in [-0.4, -0.2) is 29.5 Å². The molecule has 2 N–H and O–H groups in total. The van der Waals surface area contributed by atoms with Crippen LogP contribution in [0.25, 0.3) is 0 Å². The van der Waals surface area contributed by atoms with Gasteiger partial charge >= 0.3 is 0 Å². The van der Waals surface area contributed by atoms with E-state index in [4.69, 9.17) is 0 Å². The first kappa shape index (κ1) is 14.0. The van der Waals surface area contributed by atoms with Crippen LogP contribution in [0.2, 0.25) is 0 Å². The highest BCUT2D eigenvalue weighted by atomic mass is 79.9. The second-order valence-corrected chi connectivity index (χ2v) is 5.86. The van der Waals surface area contributed by atoms with E-state index in [1.165, 1.54) is 4.90 Å². The van der Waals surface area contributed by atoms with E-state index in [0.29, 0.717) is 6.04 Å². The predicted molar refractivity (Wildman–Crippen MR) is 74.0 cm³/mol. The minimum atomic E-state index is 0.150. The molecule has 2 nitrogen and oxygen atoms in total. The molecule has 0 aliphatic carbocycles. The molecule has 0 saturated heterocycles. The highest BCUT2D eigenvalue weighted by Gasteiger charge is 2.09. The fourth-order valence-corrected chi connectivity index (χ4v) is 2.97. The van der Waals surface area contributed by atoms with Crippen LogP contribution in [-0.2, 0) is 0 Å². The monoisotopic (exact) mass is 303 g/mol. The van der Waals surface area contributed by atoms with Crippen LogP contribution in [0.4, 0.5) is 0 Å². The average molecular weight is 304 g/mol. The van der Waals surface area contributed by atoms with Gasteiger partial charge in [-0.25, -0.2) is 0 Å². The lowest BCUT2D eigenvalue weighted by Gasteiger charge is -2.18. The second kappa shape index (κ2) is 7.33. The highest BCUT2D eigenvalue weighted by molar-refractivity contribution is 9.10. The van der Waals surface area contributed by atoms with Crippen molar-refractivity contribution in [3.63, 3.8) is 0 Å². The zero-order chi connectivity index (χ0) is 12.0. The number of hydrogen-bond donors (Lipinski definition) is 2. The van der Waals surface area contributed by atoms with Gasteiger partial charge in [0.05, 0.1) is 6.61 Å². The Bertz CT molecular complexity index is 320. The van der Waals surface area contributed by atoms with Crippen molar-refractivity contribution in [2.24, 2.45) is 0 Å². The SMILES string of the molecule is CC(C)NC(CO)CSc1ccccc1Br. The first-order valence-corrected chi connectivity index (χ1v) is 7.15. The summed E-state index contributed by atoms with van der Waals surface area (Å²) in [5.41, 5.74) is 0. The van der Waals surface area contributed by atoms with Gasteiger partial charge in [-0.2, -0.15) is 0 Å². The maximum atomic E-state index is 9.23. The van der Waals surface area contributed by atoms with E-state index in [1.807, 2.05) is 18.2 Å². The summed E-state index contributed by atoms with van der Waals surface area (Å²) in [6.07, 6.45) is 0. The van der Waals surface area contributed by atoms with Crippen molar-refractivity contribution in [2.75, 3.05) is 12.4 Å². The van der Waals surface area contributed by atoms with Gasteiger partial charge in [0.1, 0.15) is 0 Å². The molecule has 0 spiro atoms. The number of thioether (sulfide) groups is 1. The van der Waals surface area contributed by atoms with E-state index >= 15 is 0 Å². The number of benzene rings is 1. The summed E-state index contributed by atoms with van der Waals surface area (Å²) in [6, 6.07) is 8.69. The number of aliphatic hydroxyl groups is 1.